The third-order valence-electron chi connectivity index (χ3n) is 3.31. The predicted molar refractivity (Wildman–Crippen MR) is 71.0 cm³/mol. The van der Waals surface area contributed by atoms with E-state index >= 15 is 0 Å². The Hall–Kier alpha value is -0.610. The molecule has 100 valence electrons. The summed E-state index contributed by atoms with van der Waals surface area (Å²) in [4.78, 5) is 14.0. The SMILES string of the molecule is CCN1CCC(CNC(=O)CCNC(C)C)C1. The van der Waals surface area contributed by atoms with Crippen molar-refractivity contribution in [2.24, 2.45) is 5.92 Å². The lowest BCUT2D eigenvalue weighted by Gasteiger charge is -2.14. The minimum Gasteiger partial charge on any atom is -0.356 e. The lowest BCUT2D eigenvalue weighted by Crippen LogP contribution is -2.34. The average molecular weight is 241 g/mol. The van der Waals surface area contributed by atoms with Crippen LogP contribution in [0, 0.1) is 5.92 Å². The van der Waals surface area contributed by atoms with Crippen molar-refractivity contribution in [2.45, 2.75) is 39.7 Å². The smallest absolute Gasteiger partial charge is 0.221 e. The summed E-state index contributed by atoms with van der Waals surface area (Å²) in [6.07, 6.45) is 1.81. The van der Waals surface area contributed by atoms with Gasteiger partial charge in [-0.15, -0.1) is 0 Å². The first-order valence-corrected chi connectivity index (χ1v) is 6.84. The van der Waals surface area contributed by atoms with Gasteiger partial charge in [0, 0.05) is 32.1 Å². The van der Waals surface area contributed by atoms with Crippen molar-refractivity contribution < 1.29 is 4.79 Å². The molecule has 1 amide bonds. The zero-order chi connectivity index (χ0) is 12.7. The van der Waals surface area contributed by atoms with E-state index in [1.807, 2.05) is 0 Å². The van der Waals surface area contributed by atoms with Gasteiger partial charge in [-0.3, -0.25) is 4.79 Å². The van der Waals surface area contributed by atoms with Gasteiger partial charge in [-0.1, -0.05) is 20.8 Å². The van der Waals surface area contributed by atoms with Crippen LogP contribution in [0.15, 0.2) is 0 Å². The lowest BCUT2D eigenvalue weighted by atomic mass is 10.1. The molecule has 4 heteroatoms. The molecule has 1 rings (SSSR count). The van der Waals surface area contributed by atoms with Gasteiger partial charge in [0.1, 0.15) is 0 Å². The second-order valence-electron chi connectivity index (χ2n) is 5.21. The van der Waals surface area contributed by atoms with Crippen molar-refractivity contribution in [1.29, 1.82) is 0 Å². The van der Waals surface area contributed by atoms with E-state index in [0.717, 1.165) is 26.2 Å². The summed E-state index contributed by atoms with van der Waals surface area (Å²) in [5.74, 6) is 0.824. The highest BCUT2D eigenvalue weighted by Gasteiger charge is 2.21. The van der Waals surface area contributed by atoms with Gasteiger partial charge in [-0.25, -0.2) is 0 Å². The Bertz CT molecular complexity index is 231. The van der Waals surface area contributed by atoms with E-state index in [2.05, 4.69) is 36.3 Å². The maximum absolute atomic E-state index is 11.6. The Morgan fingerprint density at radius 3 is 2.82 bits per heavy atom. The fraction of sp³-hybridized carbons (Fsp3) is 0.923. The van der Waals surface area contributed by atoms with E-state index in [1.54, 1.807) is 0 Å². The minimum atomic E-state index is 0.174. The summed E-state index contributed by atoms with van der Waals surface area (Å²) in [6, 6.07) is 0.454. The fourth-order valence-corrected chi connectivity index (χ4v) is 2.19. The summed E-state index contributed by atoms with van der Waals surface area (Å²) in [7, 11) is 0. The first kappa shape index (κ1) is 14.5. The zero-order valence-electron chi connectivity index (χ0n) is 11.5. The van der Waals surface area contributed by atoms with Crippen LogP contribution in [0.25, 0.3) is 0 Å². The average Bonchev–Trinajstić information content (AvgIpc) is 2.73. The first-order chi connectivity index (χ1) is 8.11. The van der Waals surface area contributed by atoms with Crippen molar-refractivity contribution in [2.75, 3.05) is 32.7 Å². The highest BCUT2D eigenvalue weighted by Crippen LogP contribution is 2.14. The Kier molecular flexibility index (Phi) is 6.52. The maximum atomic E-state index is 11.6. The van der Waals surface area contributed by atoms with Crippen molar-refractivity contribution in [1.82, 2.24) is 15.5 Å². The molecule has 1 heterocycles. The lowest BCUT2D eigenvalue weighted by molar-refractivity contribution is -0.121. The molecule has 0 aromatic rings. The van der Waals surface area contributed by atoms with Gasteiger partial charge in [-0.2, -0.15) is 0 Å². The van der Waals surface area contributed by atoms with Crippen LogP contribution < -0.4 is 10.6 Å². The molecule has 1 unspecified atom stereocenters. The number of hydrogen-bond acceptors (Lipinski definition) is 3. The summed E-state index contributed by atoms with van der Waals surface area (Å²) < 4.78 is 0. The number of carbonyl (C=O) groups is 1. The number of nitrogens with one attached hydrogen (secondary N) is 2. The molecule has 17 heavy (non-hydrogen) atoms. The van der Waals surface area contributed by atoms with Crippen LogP contribution in [0.2, 0.25) is 0 Å². The molecule has 1 saturated heterocycles. The van der Waals surface area contributed by atoms with Gasteiger partial charge < -0.3 is 15.5 Å². The third kappa shape index (κ3) is 6.03. The Balaban J connectivity index is 2.04. The van der Waals surface area contributed by atoms with Gasteiger partial charge in [0.15, 0.2) is 0 Å². The monoisotopic (exact) mass is 241 g/mol. The number of hydrogen-bond donors (Lipinski definition) is 2. The normalized spacial score (nSPS) is 21.1. The molecule has 1 aliphatic rings. The Morgan fingerprint density at radius 1 is 1.47 bits per heavy atom. The second-order valence-corrected chi connectivity index (χ2v) is 5.21. The van der Waals surface area contributed by atoms with E-state index in [0.29, 0.717) is 18.4 Å². The van der Waals surface area contributed by atoms with Crippen molar-refractivity contribution >= 4 is 5.91 Å². The van der Waals surface area contributed by atoms with Gasteiger partial charge >= 0.3 is 0 Å². The summed E-state index contributed by atoms with van der Waals surface area (Å²) >= 11 is 0. The van der Waals surface area contributed by atoms with Gasteiger partial charge in [0.2, 0.25) is 5.91 Å². The molecular formula is C13H27N3O. The molecule has 2 N–H and O–H groups in total. The van der Waals surface area contributed by atoms with Crippen molar-refractivity contribution in [3.05, 3.63) is 0 Å². The number of rotatable bonds is 7. The largest absolute Gasteiger partial charge is 0.356 e. The molecule has 1 fully saturated rings. The molecule has 0 aromatic carbocycles. The van der Waals surface area contributed by atoms with Crippen molar-refractivity contribution in [3.63, 3.8) is 0 Å². The maximum Gasteiger partial charge on any atom is 0.221 e. The molecule has 1 atom stereocenters. The minimum absolute atomic E-state index is 0.174. The van der Waals surface area contributed by atoms with Crippen LogP contribution in [0.1, 0.15) is 33.6 Å². The third-order valence-corrected chi connectivity index (χ3v) is 3.31. The molecule has 0 spiro atoms. The zero-order valence-corrected chi connectivity index (χ0v) is 11.5. The van der Waals surface area contributed by atoms with Crippen LogP contribution in [0.3, 0.4) is 0 Å². The number of carbonyl (C=O) groups excluding carboxylic acids is 1. The predicted octanol–water partition coefficient (Wildman–Crippen LogP) is 0.833. The summed E-state index contributed by atoms with van der Waals surface area (Å²) in [5, 5.41) is 6.29. The van der Waals surface area contributed by atoms with Crippen LogP contribution >= 0.6 is 0 Å². The van der Waals surface area contributed by atoms with Gasteiger partial charge in [0.25, 0.3) is 0 Å². The van der Waals surface area contributed by atoms with E-state index in [-0.39, 0.29) is 5.91 Å². The van der Waals surface area contributed by atoms with Crippen LogP contribution in [-0.2, 0) is 4.79 Å². The molecule has 0 aliphatic carbocycles. The molecule has 0 aromatic heterocycles. The number of amides is 1. The van der Waals surface area contributed by atoms with Crippen LogP contribution in [0.4, 0.5) is 0 Å². The van der Waals surface area contributed by atoms with E-state index in [4.69, 9.17) is 0 Å². The highest BCUT2D eigenvalue weighted by molar-refractivity contribution is 5.76. The molecule has 0 saturated carbocycles. The standard InChI is InChI=1S/C13H27N3O/c1-4-16-8-6-12(10-16)9-15-13(17)5-7-14-11(2)3/h11-12,14H,4-10H2,1-3H3,(H,15,17). The van der Waals surface area contributed by atoms with Gasteiger partial charge in [-0.05, 0) is 25.4 Å². The van der Waals surface area contributed by atoms with E-state index < -0.39 is 0 Å². The fourth-order valence-electron chi connectivity index (χ4n) is 2.19. The van der Waals surface area contributed by atoms with E-state index in [9.17, 15) is 4.79 Å². The summed E-state index contributed by atoms with van der Waals surface area (Å²) in [6.45, 7) is 11.5. The van der Waals surface area contributed by atoms with Crippen molar-refractivity contribution in [3.8, 4) is 0 Å². The molecular weight excluding hydrogens is 214 g/mol. The van der Waals surface area contributed by atoms with Crippen LogP contribution in [-0.4, -0.2) is 49.6 Å². The molecule has 1 aliphatic heterocycles. The molecule has 0 bridgehead atoms. The Labute approximate surface area is 105 Å². The second kappa shape index (κ2) is 7.67. The number of nitrogens with zero attached hydrogens (tertiary/aromatic N) is 1. The quantitative estimate of drug-likeness (QED) is 0.694. The Morgan fingerprint density at radius 2 is 2.24 bits per heavy atom. The summed E-state index contributed by atoms with van der Waals surface area (Å²) in [5.41, 5.74) is 0. The van der Waals surface area contributed by atoms with E-state index in [1.165, 1.54) is 13.0 Å². The molecule has 0 radical (unpaired) electrons. The van der Waals surface area contributed by atoms with Crippen LogP contribution in [0.5, 0.6) is 0 Å². The molecule has 4 nitrogen and oxygen atoms in total. The first-order valence-electron chi connectivity index (χ1n) is 6.84. The highest BCUT2D eigenvalue weighted by atomic mass is 16.1. The number of likely N-dealkylation sites (tertiary alicyclic amines) is 1. The topological polar surface area (TPSA) is 44.4 Å². The van der Waals surface area contributed by atoms with Gasteiger partial charge in [0.05, 0.1) is 0 Å².